The second-order valence-electron chi connectivity index (χ2n) is 3.33. The lowest BCUT2D eigenvalue weighted by atomic mass is 10.2. The quantitative estimate of drug-likeness (QED) is 0.815. The Kier molecular flexibility index (Phi) is 2.68. The van der Waals surface area contributed by atoms with Crippen molar-refractivity contribution in [2.75, 3.05) is 0 Å². The normalized spacial score (nSPS) is 11.3. The van der Waals surface area contributed by atoms with E-state index in [0.29, 0.717) is 10.9 Å². The smallest absolute Gasteiger partial charge is 0.326 e. The molecule has 88 valence electrons. The molecule has 3 N–H and O–H groups in total. The largest absolute Gasteiger partial charge is 0.351 e. The summed E-state index contributed by atoms with van der Waals surface area (Å²) in [6.07, 6.45) is 1.17. The Morgan fingerprint density at radius 1 is 1.29 bits per heavy atom. The van der Waals surface area contributed by atoms with Crippen molar-refractivity contribution in [1.29, 1.82) is 0 Å². The molecule has 6 nitrogen and oxygen atoms in total. The maximum atomic E-state index is 11.6. The zero-order valence-electron chi connectivity index (χ0n) is 8.62. The zero-order chi connectivity index (χ0) is 12.5. The van der Waals surface area contributed by atoms with Gasteiger partial charge in [-0.1, -0.05) is 18.2 Å². The number of rotatable bonds is 2. The van der Waals surface area contributed by atoms with Crippen LogP contribution in [0, 0.1) is 0 Å². The van der Waals surface area contributed by atoms with E-state index < -0.39 is 16.1 Å². The highest BCUT2D eigenvalue weighted by atomic mass is 32.2. The molecular weight excluding hydrogens is 242 g/mol. The molecule has 1 heterocycles. The SMILES string of the molecule is NC(=O)NS(=O)(=O)c1cnc2ccccc2c1. The van der Waals surface area contributed by atoms with Gasteiger partial charge in [0.05, 0.1) is 5.52 Å². The molecule has 0 aliphatic heterocycles. The van der Waals surface area contributed by atoms with Gasteiger partial charge in [0.15, 0.2) is 0 Å². The van der Waals surface area contributed by atoms with Crippen LogP contribution >= 0.6 is 0 Å². The van der Waals surface area contributed by atoms with E-state index in [1.807, 2.05) is 0 Å². The number of carbonyl (C=O) groups is 1. The first-order valence-electron chi connectivity index (χ1n) is 4.66. The minimum Gasteiger partial charge on any atom is -0.351 e. The number of hydrogen-bond acceptors (Lipinski definition) is 4. The Balaban J connectivity index is 2.53. The monoisotopic (exact) mass is 251 g/mol. The summed E-state index contributed by atoms with van der Waals surface area (Å²) < 4.78 is 24.9. The number of pyridine rings is 1. The predicted octanol–water partition coefficient (Wildman–Crippen LogP) is 0.592. The first-order valence-corrected chi connectivity index (χ1v) is 6.14. The average molecular weight is 251 g/mol. The molecule has 0 atom stereocenters. The van der Waals surface area contributed by atoms with Crippen molar-refractivity contribution in [2.24, 2.45) is 5.73 Å². The number of aromatic nitrogens is 1. The molecular formula is C10H9N3O3S. The van der Waals surface area contributed by atoms with Crippen LogP contribution in [0.5, 0.6) is 0 Å². The fourth-order valence-corrected chi connectivity index (χ4v) is 2.25. The second kappa shape index (κ2) is 4.02. The maximum absolute atomic E-state index is 11.6. The molecule has 2 aromatic rings. The summed E-state index contributed by atoms with van der Waals surface area (Å²) in [6.45, 7) is 0. The Labute approximate surface area is 97.5 Å². The van der Waals surface area contributed by atoms with E-state index in [1.165, 1.54) is 12.3 Å². The summed E-state index contributed by atoms with van der Waals surface area (Å²) in [5, 5.41) is 0.667. The Hall–Kier alpha value is -2.15. The van der Waals surface area contributed by atoms with Crippen LogP contribution in [0.25, 0.3) is 10.9 Å². The first kappa shape index (κ1) is 11.3. The lowest BCUT2D eigenvalue weighted by molar-refractivity contribution is 0.253. The summed E-state index contributed by atoms with van der Waals surface area (Å²) >= 11 is 0. The molecule has 0 spiro atoms. The van der Waals surface area contributed by atoms with E-state index in [2.05, 4.69) is 4.98 Å². The van der Waals surface area contributed by atoms with Gasteiger partial charge >= 0.3 is 6.03 Å². The van der Waals surface area contributed by atoms with E-state index in [9.17, 15) is 13.2 Å². The average Bonchev–Trinajstić information content (AvgIpc) is 2.26. The fraction of sp³-hybridized carbons (Fsp3) is 0. The highest BCUT2D eigenvalue weighted by Crippen LogP contribution is 2.15. The standard InChI is InChI=1S/C10H9N3O3S/c11-10(14)13-17(15,16)8-5-7-3-1-2-4-9(7)12-6-8/h1-6H,(H3,11,13,14). The van der Waals surface area contributed by atoms with Crippen molar-refractivity contribution in [3.8, 4) is 0 Å². The molecule has 0 saturated carbocycles. The third kappa shape index (κ3) is 2.34. The molecule has 0 bridgehead atoms. The molecule has 1 aromatic carbocycles. The van der Waals surface area contributed by atoms with Gasteiger partial charge in [0.2, 0.25) is 0 Å². The van der Waals surface area contributed by atoms with Crippen molar-refractivity contribution in [3.63, 3.8) is 0 Å². The van der Waals surface area contributed by atoms with Crippen LogP contribution in [0.1, 0.15) is 0 Å². The molecule has 0 aliphatic rings. The van der Waals surface area contributed by atoms with Crippen molar-refractivity contribution in [2.45, 2.75) is 4.90 Å². The van der Waals surface area contributed by atoms with Crippen LogP contribution in [-0.2, 0) is 10.0 Å². The molecule has 1 aromatic heterocycles. The maximum Gasteiger partial charge on any atom is 0.326 e. The van der Waals surface area contributed by atoms with E-state index in [4.69, 9.17) is 5.73 Å². The van der Waals surface area contributed by atoms with Gasteiger partial charge in [0.1, 0.15) is 4.90 Å². The van der Waals surface area contributed by atoms with Gasteiger partial charge in [-0.15, -0.1) is 0 Å². The number of nitrogens with zero attached hydrogens (tertiary/aromatic N) is 1. The minimum absolute atomic E-state index is 0.102. The molecule has 2 amide bonds. The van der Waals surface area contributed by atoms with Gasteiger partial charge in [-0.05, 0) is 12.1 Å². The molecule has 0 aliphatic carbocycles. The van der Waals surface area contributed by atoms with E-state index in [0.717, 1.165) is 0 Å². The van der Waals surface area contributed by atoms with Crippen LogP contribution in [0.3, 0.4) is 0 Å². The topological polar surface area (TPSA) is 102 Å². The fourth-order valence-electron chi connectivity index (χ4n) is 1.39. The molecule has 0 unspecified atom stereocenters. The van der Waals surface area contributed by atoms with Crippen LogP contribution in [0.4, 0.5) is 4.79 Å². The predicted molar refractivity (Wildman–Crippen MR) is 61.6 cm³/mol. The van der Waals surface area contributed by atoms with Crippen LogP contribution in [-0.4, -0.2) is 19.4 Å². The first-order chi connectivity index (χ1) is 7.99. The molecule has 0 fully saturated rings. The van der Waals surface area contributed by atoms with Crippen LogP contribution in [0.2, 0.25) is 0 Å². The number of amides is 2. The number of carbonyl (C=O) groups excluding carboxylic acids is 1. The molecule has 2 rings (SSSR count). The summed E-state index contributed by atoms with van der Waals surface area (Å²) in [4.78, 5) is 14.4. The lowest BCUT2D eigenvalue weighted by Gasteiger charge is -2.04. The third-order valence-electron chi connectivity index (χ3n) is 2.11. The van der Waals surface area contributed by atoms with Crippen molar-refractivity contribution in [1.82, 2.24) is 9.71 Å². The van der Waals surface area contributed by atoms with Gasteiger partial charge in [0, 0.05) is 11.6 Å². The molecule has 0 saturated heterocycles. The van der Waals surface area contributed by atoms with Crippen molar-refractivity contribution < 1.29 is 13.2 Å². The molecule has 17 heavy (non-hydrogen) atoms. The van der Waals surface area contributed by atoms with Gasteiger partial charge in [-0.3, -0.25) is 4.98 Å². The number of nitrogens with two attached hydrogens (primary N) is 1. The summed E-state index contributed by atoms with van der Waals surface area (Å²) in [7, 11) is -3.94. The number of benzene rings is 1. The van der Waals surface area contributed by atoms with E-state index >= 15 is 0 Å². The highest BCUT2D eigenvalue weighted by Gasteiger charge is 2.16. The number of urea groups is 1. The van der Waals surface area contributed by atoms with Crippen molar-refractivity contribution >= 4 is 27.0 Å². The summed E-state index contributed by atoms with van der Waals surface area (Å²) in [6, 6.07) is 7.35. The third-order valence-corrected chi connectivity index (χ3v) is 3.42. The minimum atomic E-state index is -3.94. The van der Waals surface area contributed by atoms with Crippen molar-refractivity contribution in [3.05, 3.63) is 36.5 Å². The van der Waals surface area contributed by atoms with E-state index in [1.54, 1.807) is 29.0 Å². The van der Waals surface area contributed by atoms with Gasteiger partial charge in [0.25, 0.3) is 10.0 Å². The molecule has 7 heteroatoms. The van der Waals surface area contributed by atoms with Crippen LogP contribution < -0.4 is 10.5 Å². The summed E-state index contributed by atoms with van der Waals surface area (Å²) in [5.74, 6) is 0. The number of para-hydroxylation sites is 1. The second-order valence-corrected chi connectivity index (χ2v) is 5.02. The lowest BCUT2D eigenvalue weighted by Crippen LogP contribution is -2.34. The highest BCUT2D eigenvalue weighted by molar-refractivity contribution is 7.90. The number of fused-ring (bicyclic) bond motifs is 1. The number of primary amides is 1. The Morgan fingerprint density at radius 2 is 2.00 bits per heavy atom. The van der Waals surface area contributed by atoms with Gasteiger partial charge < -0.3 is 5.73 Å². The van der Waals surface area contributed by atoms with Gasteiger partial charge in [-0.2, -0.15) is 0 Å². The number of nitrogens with one attached hydrogen (secondary N) is 1. The van der Waals surface area contributed by atoms with Gasteiger partial charge in [-0.25, -0.2) is 17.9 Å². The van der Waals surface area contributed by atoms with E-state index in [-0.39, 0.29) is 4.90 Å². The number of sulfonamides is 1. The molecule has 0 radical (unpaired) electrons. The van der Waals surface area contributed by atoms with Crippen LogP contribution in [0.15, 0.2) is 41.4 Å². The Morgan fingerprint density at radius 3 is 2.71 bits per heavy atom. The summed E-state index contributed by atoms with van der Waals surface area (Å²) in [5.41, 5.74) is 5.45. The Bertz CT molecular complexity index is 682. The number of hydrogen-bond donors (Lipinski definition) is 2. The zero-order valence-corrected chi connectivity index (χ0v) is 9.44.